The summed E-state index contributed by atoms with van der Waals surface area (Å²) in [5.74, 6) is -0.510. The monoisotopic (exact) mass is 1450 g/mol. The molecule has 0 heterocycles. The van der Waals surface area contributed by atoms with Crippen molar-refractivity contribution in [2.45, 2.75) is 439 Å². The molecule has 99 heavy (non-hydrogen) atoms. The van der Waals surface area contributed by atoms with Gasteiger partial charge in [0.15, 0.2) is 12.2 Å². The molecule has 19 heteroatoms. The number of rotatable bonds is 79. The second kappa shape index (κ2) is 71.7. The van der Waals surface area contributed by atoms with Gasteiger partial charge in [-0.2, -0.15) is 0 Å². The SMILES string of the molecule is CCCCCCCCCCCCCCCC(=O)OC[C@H](COP(=O)(O)OC[C@@H](O)COP(=O)(O)OC[C@@H](COC(=O)CCCCCCCCCCC(C)CC)OC(=O)CCCCCCCCCCCCCCC)OC(=O)CCCCCCCCCCCCCCCCCCCCC(C)C. The van der Waals surface area contributed by atoms with Gasteiger partial charge in [-0.3, -0.25) is 37.3 Å². The third kappa shape index (κ3) is 72.8. The number of hydrogen-bond donors (Lipinski definition) is 3. The molecular weight excluding hydrogens is 1290 g/mol. The van der Waals surface area contributed by atoms with Gasteiger partial charge in [-0.1, -0.05) is 369 Å². The van der Waals surface area contributed by atoms with Crippen LogP contribution in [0.1, 0.15) is 420 Å². The number of phosphoric acid groups is 2. The molecule has 0 aliphatic rings. The Bertz CT molecular complexity index is 1910. The lowest BCUT2D eigenvalue weighted by Crippen LogP contribution is -2.30. The fraction of sp³-hybridized carbons (Fsp3) is 0.950. The zero-order valence-electron chi connectivity index (χ0n) is 64.8. The first kappa shape index (κ1) is 97.1. The van der Waals surface area contributed by atoms with Crippen LogP contribution in [0.3, 0.4) is 0 Å². The Morgan fingerprint density at radius 2 is 0.515 bits per heavy atom. The normalized spacial score (nSPS) is 14.2. The summed E-state index contributed by atoms with van der Waals surface area (Å²) in [5.41, 5.74) is 0. The largest absolute Gasteiger partial charge is 0.472 e. The molecule has 0 rings (SSSR count). The van der Waals surface area contributed by atoms with Crippen LogP contribution >= 0.6 is 15.6 Å². The van der Waals surface area contributed by atoms with Crippen LogP contribution in [-0.2, 0) is 65.4 Å². The fourth-order valence-corrected chi connectivity index (χ4v) is 13.9. The van der Waals surface area contributed by atoms with Crippen LogP contribution in [0, 0.1) is 11.8 Å². The maximum atomic E-state index is 13.1. The van der Waals surface area contributed by atoms with E-state index in [1.807, 2.05) is 0 Å². The Hall–Kier alpha value is -1.94. The van der Waals surface area contributed by atoms with E-state index in [9.17, 15) is 43.2 Å². The number of ether oxygens (including phenoxy) is 4. The Morgan fingerprint density at radius 1 is 0.293 bits per heavy atom. The summed E-state index contributed by atoms with van der Waals surface area (Å²) >= 11 is 0. The van der Waals surface area contributed by atoms with Gasteiger partial charge < -0.3 is 33.8 Å². The molecule has 0 spiro atoms. The smallest absolute Gasteiger partial charge is 0.462 e. The lowest BCUT2D eigenvalue weighted by Gasteiger charge is -2.21. The highest BCUT2D eigenvalue weighted by molar-refractivity contribution is 7.47. The van der Waals surface area contributed by atoms with E-state index in [-0.39, 0.29) is 25.7 Å². The highest BCUT2D eigenvalue weighted by Crippen LogP contribution is 2.45. The Kier molecular flexibility index (Phi) is 70.3. The number of phosphoric ester groups is 2. The molecule has 0 aromatic heterocycles. The summed E-state index contributed by atoms with van der Waals surface area (Å²) in [6, 6.07) is 0. The average Bonchev–Trinajstić information content (AvgIpc) is 1.12. The van der Waals surface area contributed by atoms with E-state index in [2.05, 4.69) is 41.5 Å². The molecule has 3 N–H and O–H groups in total. The maximum absolute atomic E-state index is 13.1. The number of aliphatic hydroxyl groups is 1. The molecule has 3 unspecified atom stereocenters. The van der Waals surface area contributed by atoms with Gasteiger partial charge in [0.1, 0.15) is 19.3 Å². The van der Waals surface area contributed by atoms with Crippen LogP contribution in [0.2, 0.25) is 0 Å². The van der Waals surface area contributed by atoms with Crippen molar-refractivity contribution in [2.75, 3.05) is 39.6 Å². The predicted octanol–water partition coefficient (Wildman–Crippen LogP) is 23.9. The molecule has 588 valence electrons. The lowest BCUT2D eigenvalue weighted by molar-refractivity contribution is -0.161. The molecule has 17 nitrogen and oxygen atoms in total. The molecule has 6 atom stereocenters. The highest BCUT2D eigenvalue weighted by Gasteiger charge is 2.30. The molecule has 0 radical (unpaired) electrons. The molecule has 0 fully saturated rings. The first-order chi connectivity index (χ1) is 47.9. The molecular formula is C80H156O17P2. The molecule has 0 aromatic carbocycles. The van der Waals surface area contributed by atoms with E-state index in [1.54, 1.807) is 0 Å². The molecule has 0 saturated heterocycles. The summed E-state index contributed by atoms with van der Waals surface area (Å²) in [5, 5.41) is 10.6. The molecule has 0 bridgehead atoms. The first-order valence-corrected chi connectivity index (χ1v) is 44.5. The van der Waals surface area contributed by atoms with Crippen LogP contribution in [0.4, 0.5) is 0 Å². The summed E-state index contributed by atoms with van der Waals surface area (Å²) in [4.78, 5) is 73.0. The van der Waals surface area contributed by atoms with Gasteiger partial charge in [0.05, 0.1) is 26.4 Å². The predicted molar refractivity (Wildman–Crippen MR) is 405 cm³/mol. The van der Waals surface area contributed by atoms with Gasteiger partial charge in [0, 0.05) is 25.7 Å². The highest BCUT2D eigenvalue weighted by atomic mass is 31.2. The zero-order valence-corrected chi connectivity index (χ0v) is 66.6. The number of carbonyl (C=O) groups excluding carboxylic acids is 4. The van der Waals surface area contributed by atoms with Crippen molar-refractivity contribution >= 4 is 39.5 Å². The second-order valence-electron chi connectivity index (χ2n) is 29.5. The Balaban J connectivity index is 5.22. The first-order valence-electron chi connectivity index (χ1n) is 41.5. The number of carbonyl (C=O) groups is 4. The molecule has 0 aliphatic carbocycles. The van der Waals surface area contributed by atoms with Gasteiger partial charge in [0.2, 0.25) is 0 Å². The number of hydrogen-bond acceptors (Lipinski definition) is 15. The number of unbranched alkanes of at least 4 members (excludes halogenated alkanes) is 48. The van der Waals surface area contributed by atoms with Gasteiger partial charge in [0.25, 0.3) is 0 Å². The van der Waals surface area contributed by atoms with Crippen LogP contribution < -0.4 is 0 Å². The van der Waals surface area contributed by atoms with Crippen molar-refractivity contribution in [3.05, 3.63) is 0 Å². The van der Waals surface area contributed by atoms with Gasteiger partial charge in [-0.15, -0.1) is 0 Å². The van der Waals surface area contributed by atoms with E-state index in [0.717, 1.165) is 102 Å². The number of aliphatic hydroxyl groups excluding tert-OH is 1. The van der Waals surface area contributed by atoms with Crippen LogP contribution in [-0.4, -0.2) is 96.7 Å². The minimum absolute atomic E-state index is 0.107. The zero-order chi connectivity index (χ0) is 72.8. The van der Waals surface area contributed by atoms with Gasteiger partial charge >= 0.3 is 39.5 Å². The molecule has 0 aliphatic heterocycles. The Labute approximate surface area is 607 Å². The van der Waals surface area contributed by atoms with Gasteiger partial charge in [-0.05, 0) is 37.5 Å². The van der Waals surface area contributed by atoms with E-state index in [4.69, 9.17) is 37.0 Å². The maximum Gasteiger partial charge on any atom is 0.472 e. The summed E-state index contributed by atoms with van der Waals surface area (Å²) < 4.78 is 68.7. The fourth-order valence-electron chi connectivity index (χ4n) is 12.3. The van der Waals surface area contributed by atoms with Crippen LogP contribution in [0.25, 0.3) is 0 Å². The van der Waals surface area contributed by atoms with E-state index >= 15 is 0 Å². The summed E-state index contributed by atoms with van der Waals surface area (Å²) in [6.45, 7) is 9.67. The summed E-state index contributed by atoms with van der Waals surface area (Å²) in [7, 11) is -9.92. The molecule has 0 amide bonds. The van der Waals surface area contributed by atoms with Crippen LogP contribution in [0.5, 0.6) is 0 Å². The van der Waals surface area contributed by atoms with E-state index < -0.39 is 97.5 Å². The minimum atomic E-state index is -4.96. The minimum Gasteiger partial charge on any atom is -0.462 e. The van der Waals surface area contributed by atoms with Crippen molar-refractivity contribution in [3.63, 3.8) is 0 Å². The molecule has 0 aromatic rings. The van der Waals surface area contributed by atoms with Gasteiger partial charge in [-0.25, -0.2) is 9.13 Å². The van der Waals surface area contributed by atoms with Crippen molar-refractivity contribution in [2.24, 2.45) is 11.8 Å². The summed E-state index contributed by atoms with van der Waals surface area (Å²) in [6.07, 6.45) is 60.9. The second-order valence-corrected chi connectivity index (χ2v) is 32.4. The van der Waals surface area contributed by atoms with E-state index in [1.165, 1.54) is 238 Å². The van der Waals surface area contributed by atoms with Crippen molar-refractivity contribution < 1.29 is 80.2 Å². The Morgan fingerprint density at radius 3 is 0.768 bits per heavy atom. The van der Waals surface area contributed by atoms with Crippen molar-refractivity contribution in [1.29, 1.82) is 0 Å². The van der Waals surface area contributed by atoms with Crippen molar-refractivity contribution in [3.8, 4) is 0 Å². The third-order valence-corrected chi connectivity index (χ3v) is 21.0. The quantitative estimate of drug-likeness (QED) is 0.0222. The van der Waals surface area contributed by atoms with Crippen molar-refractivity contribution in [1.82, 2.24) is 0 Å². The molecule has 0 saturated carbocycles. The van der Waals surface area contributed by atoms with E-state index in [0.29, 0.717) is 25.7 Å². The van der Waals surface area contributed by atoms with Crippen LogP contribution in [0.15, 0.2) is 0 Å². The lowest BCUT2D eigenvalue weighted by atomic mass is 9.99. The topological polar surface area (TPSA) is 237 Å². The average molecular weight is 1450 g/mol. The third-order valence-electron chi connectivity index (χ3n) is 19.1. The standard InChI is InChI=1S/C80H156O17P2/c1-7-10-12-14-16-18-20-28-33-37-44-50-56-62-77(82)90-68-75(96-80(85)65-59-53-47-39-35-31-27-25-23-22-24-26-30-32-36-42-48-54-60-72(4)5)70-94-98(86,87)92-66-74(81)67-93-99(88,89)95-71-76(69-91-78(83)63-57-51-45-41-40-43-49-55-61-73(6)9-3)97-79(84)64-58-52-46-38-34-29-21-19-17-15-13-11-8-2/h72-76,81H,7-71H2,1-6H3,(H,86,87)(H,88,89)/t73?,74-,75-,76-/m1/s1. The number of esters is 4.